The van der Waals surface area contributed by atoms with Crippen molar-refractivity contribution in [3.05, 3.63) is 30.1 Å². The van der Waals surface area contributed by atoms with E-state index in [1.54, 1.807) is 19.5 Å². The first kappa shape index (κ1) is 13.6. The van der Waals surface area contributed by atoms with Crippen LogP contribution in [0.1, 0.15) is 24.9 Å². The Kier molecular flexibility index (Phi) is 5.59. The fraction of sp³-hybridized carbons (Fsp3) is 0.500. The molecule has 0 radical (unpaired) electrons. The summed E-state index contributed by atoms with van der Waals surface area (Å²) in [5.74, 6) is -0.0633. The largest absolute Gasteiger partial charge is 0.380 e. The monoisotopic (exact) mass is 237 g/mol. The molecule has 0 aliphatic rings. The Balaban J connectivity index is 2.46. The van der Waals surface area contributed by atoms with E-state index in [1.165, 1.54) is 0 Å². The Bertz CT molecular complexity index is 339. The number of rotatable bonds is 6. The minimum absolute atomic E-state index is 0.0409. The minimum Gasteiger partial charge on any atom is -0.380 e. The maximum Gasteiger partial charge on any atom is 0.223 e. The normalized spacial score (nSPS) is 14.1. The number of pyridine rings is 1. The molecule has 1 aromatic heterocycles. The van der Waals surface area contributed by atoms with Gasteiger partial charge in [0.2, 0.25) is 5.91 Å². The van der Waals surface area contributed by atoms with Gasteiger partial charge in [-0.3, -0.25) is 9.78 Å². The number of methoxy groups -OCH3 is 1. The van der Waals surface area contributed by atoms with Crippen molar-refractivity contribution in [2.75, 3.05) is 13.7 Å². The highest BCUT2D eigenvalue weighted by Crippen LogP contribution is 2.10. The molecule has 5 nitrogen and oxygen atoms in total. The number of amides is 1. The lowest BCUT2D eigenvalue weighted by molar-refractivity contribution is -0.124. The molecule has 0 aliphatic carbocycles. The van der Waals surface area contributed by atoms with Crippen molar-refractivity contribution in [3.8, 4) is 0 Å². The van der Waals surface area contributed by atoms with Crippen LogP contribution in [-0.4, -0.2) is 30.6 Å². The number of nitrogens with one attached hydrogen (secondary N) is 1. The molecule has 94 valence electrons. The molecule has 3 N–H and O–H groups in total. The Morgan fingerprint density at radius 1 is 1.53 bits per heavy atom. The van der Waals surface area contributed by atoms with Crippen LogP contribution in [0.5, 0.6) is 0 Å². The van der Waals surface area contributed by atoms with Crippen molar-refractivity contribution >= 4 is 5.91 Å². The number of carbonyl (C=O) groups is 1. The Morgan fingerprint density at radius 2 is 2.18 bits per heavy atom. The summed E-state index contributed by atoms with van der Waals surface area (Å²) in [6.45, 7) is 2.27. The highest BCUT2D eigenvalue weighted by Gasteiger charge is 2.14. The van der Waals surface area contributed by atoms with Gasteiger partial charge in [0.05, 0.1) is 18.6 Å². The molecule has 1 aromatic rings. The molecular formula is C12H19N3O2. The molecule has 2 atom stereocenters. The van der Waals surface area contributed by atoms with Crippen LogP contribution in [-0.2, 0) is 9.53 Å². The van der Waals surface area contributed by atoms with Crippen molar-refractivity contribution in [2.45, 2.75) is 25.5 Å². The second-order valence-electron chi connectivity index (χ2n) is 3.87. The summed E-state index contributed by atoms with van der Waals surface area (Å²) < 4.78 is 5.06. The molecule has 0 bridgehead atoms. The van der Waals surface area contributed by atoms with Crippen LogP contribution in [0.3, 0.4) is 0 Å². The van der Waals surface area contributed by atoms with Gasteiger partial charge in [0, 0.05) is 26.0 Å². The summed E-state index contributed by atoms with van der Waals surface area (Å²) in [5.41, 5.74) is 6.48. The molecule has 1 rings (SSSR count). The van der Waals surface area contributed by atoms with E-state index in [1.807, 2.05) is 19.1 Å². The minimum atomic E-state index is -0.223. The summed E-state index contributed by atoms with van der Waals surface area (Å²) >= 11 is 0. The number of nitrogens with zero attached hydrogens (tertiary/aromatic N) is 1. The van der Waals surface area contributed by atoms with Gasteiger partial charge in [0.25, 0.3) is 0 Å². The standard InChI is InChI=1S/C12H19N3O2/c1-9(10-3-5-14-6-4-10)15-12(16)7-11(8-13)17-2/h3-6,9,11H,7-8,13H2,1-2H3,(H,15,16)/t9-,11?/m1/s1. The average molecular weight is 237 g/mol. The van der Waals surface area contributed by atoms with Crippen molar-refractivity contribution in [1.29, 1.82) is 0 Å². The van der Waals surface area contributed by atoms with Gasteiger partial charge in [-0.05, 0) is 24.6 Å². The molecule has 5 heteroatoms. The van der Waals surface area contributed by atoms with E-state index in [-0.39, 0.29) is 24.5 Å². The lowest BCUT2D eigenvalue weighted by Gasteiger charge is -2.17. The van der Waals surface area contributed by atoms with Crippen LogP contribution < -0.4 is 11.1 Å². The lowest BCUT2D eigenvalue weighted by Crippen LogP contribution is -2.33. The topological polar surface area (TPSA) is 77.2 Å². The fourth-order valence-corrected chi connectivity index (χ4v) is 1.51. The van der Waals surface area contributed by atoms with Gasteiger partial charge in [0.1, 0.15) is 0 Å². The Morgan fingerprint density at radius 3 is 2.71 bits per heavy atom. The molecule has 0 saturated carbocycles. The van der Waals surface area contributed by atoms with Gasteiger partial charge in [-0.1, -0.05) is 0 Å². The third-order valence-electron chi connectivity index (χ3n) is 2.59. The fourth-order valence-electron chi connectivity index (χ4n) is 1.51. The second-order valence-corrected chi connectivity index (χ2v) is 3.87. The number of nitrogens with two attached hydrogens (primary N) is 1. The number of ether oxygens (including phenoxy) is 1. The number of hydrogen-bond acceptors (Lipinski definition) is 4. The van der Waals surface area contributed by atoms with Crippen LogP contribution in [0, 0.1) is 0 Å². The Labute approximate surface area is 101 Å². The maximum absolute atomic E-state index is 11.7. The lowest BCUT2D eigenvalue weighted by atomic mass is 10.1. The third kappa shape index (κ3) is 4.50. The molecule has 0 spiro atoms. The highest BCUT2D eigenvalue weighted by molar-refractivity contribution is 5.76. The Hall–Kier alpha value is -1.46. The van der Waals surface area contributed by atoms with Crippen molar-refractivity contribution in [1.82, 2.24) is 10.3 Å². The molecule has 0 aliphatic heterocycles. The molecular weight excluding hydrogens is 218 g/mol. The number of aromatic nitrogens is 1. The van der Waals surface area contributed by atoms with Crippen LogP contribution >= 0.6 is 0 Å². The average Bonchev–Trinajstić information content (AvgIpc) is 2.37. The molecule has 0 aromatic carbocycles. The van der Waals surface area contributed by atoms with Gasteiger partial charge in [0.15, 0.2) is 0 Å². The van der Waals surface area contributed by atoms with Crippen LogP contribution in [0.2, 0.25) is 0 Å². The maximum atomic E-state index is 11.7. The summed E-state index contributed by atoms with van der Waals surface area (Å²) in [5, 5.41) is 2.89. The van der Waals surface area contributed by atoms with E-state index < -0.39 is 0 Å². The van der Waals surface area contributed by atoms with E-state index in [0.29, 0.717) is 6.54 Å². The zero-order valence-corrected chi connectivity index (χ0v) is 10.2. The van der Waals surface area contributed by atoms with Gasteiger partial charge in [-0.25, -0.2) is 0 Å². The van der Waals surface area contributed by atoms with Crippen molar-refractivity contribution in [2.24, 2.45) is 5.73 Å². The van der Waals surface area contributed by atoms with E-state index in [0.717, 1.165) is 5.56 Å². The predicted molar refractivity (Wildman–Crippen MR) is 65.3 cm³/mol. The van der Waals surface area contributed by atoms with E-state index in [9.17, 15) is 4.79 Å². The zero-order chi connectivity index (χ0) is 12.7. The molecule has 1 heterocycles. The summed E-state index contributed by atoms with van der Waals surface area (Å²) in [7, 11) is 1.55. The van der Waals surface area contributed by atoms with Gasteiger partial charge in [-0.15, -0.1) is 0 Å². The smallest absolute Gasteiger partial charge is 0.223 e. The third-order valence-corrected chi connectivity index (χ3v) is 2.59. The van der Waals surface area contributed by atoms with Gasteiger partial charge < -0.3 is 15.8 Å². The zero-order valence-electron chi connectivity index (χ0n) is 10.2. The van der Waals surface area contributed by atoms with Crippen molar-refractivity contribution in [3.63, 3.8) is 0 Å². The van der Waals surface area contributed by atoms with Crippen molar-refractivity contribution < 1.29 is 9.53 Å². The first-order valence-corrected chi connectivity index (χ1v) is 5.59. The van der Waals surface area contributed by atoms with E-state index in [2.05, 4.69) is 10.3 Å². The molecule has 1 amide bonds. The quantitative estimate of drug-likeness (QED) is 0.760. The predicted octanol–water partition coefficient (Wildman–Crippen LogP) is 0.623. The van der Waals surface area contributed by atoms with E-state index in [4.69, 9.17) is 10.5 Å². The van der Waals surface area contributed by atoms with Crippen LogP contribution in [0.4, 0.5) is 0 Å². The summed E-state index contributed by atoms with van der Waals surface area (Å²) in [4.78, 5) is 15.6. The van der Waals surface area contributed by atoms with E-state index >= 15 is 0 Å². The molecule has 0 fully saturated rings. The SMILES string of the molecule is COC(CN)CC(=O)N[C@H](C)c1ccncc1. The summed E-state index contributed by atoms with van der Waals surface area (Å²) in [6, 6.07) is 3.71. The summed E-state index contributed by atoms with van der Waals surface area (Å²) in [6.07, 6.45) is 3.47. The van der Waals surface area contributed by atoms with Gasteiger partial charge in [-0.2, -0.15) is 0 Å². The first-order chi connectivity index (χ1) is 8.17. The number of hydrogen-bond donors (Lipinski definition) is 2. The number of carbonyl (C=O) groups excluding carboxylic acids is 1. The molecule has 17 heavy (non-hydrogen) atoms. The highest BCUT2D eigenvalue weighted by atomic mass is 16.5. The molecule has 0 saturated heterocycles. The first-order valence-electron chi connectivity index (χ1n) is 5.59. The van der Waals surface area contributed by atoms with Crippen LogP contribution in [0.25, 0.3) is 0 Å². The molecule has 1 unspecified atom stereocenters. The second kappa shape index (κ2) is 6.98. The van der Waals surface area contributed by atoms with Gasteiger partial charge >= 0.3 is 0 Å². The van der Waals surface area contributed by atoms with Crippen LogP contribution in [0.15, 0.2) is 24.5 Å².